The number of hydrazone groups is 3. The first-order valence-electron chi connectivity index (χ1n) is 27.7. The summed E-state index contributed by atoms with van der Waals surface area (Å²) in [6.45, 7) is 20.2. The second-order valence-electron chi connectivity index (χ2n) is 23.4. The zero-order valence-corrected chi connectivity index (χ0v) is 51.7. The summed E-state index contributed by atoms with van der Waals surface area (Å²) >= 11 is 17.7. The summed E-state index contributed by atoms with van der Waals surface area (Å²) in [5.74, 6) is 1.48. The van der Waals surface area contributed by atoms with Gasteiger partial charge in [-0.1, -0.05) is 188 Å². The van der Waals surface area contributed by atoms with Crippen molar-refractivity contribution >= 4 is 93.6 Å². The van der Waals surface area contributed by atoms with Gasteiger partial charge in [-0.15, -0.1) is 0 Å². The number of ether oxygens (including phenoxy) is 3. The second kappa shape index (κ2) is 27.4. The van der Waals surface area contributed by atoms with Crippen molar-refractivity contribution in [2.24, 2.45) is 15.3 Å². The van der Waals surface area contributed by atoms with E-state index >= 15 is 0 Å². The molecular formula is C70H69Cl3N6O6. The molecule has 0 bridgehead atoms. The molecule has 0 fully saturated rings. The van der Waals surface area contributed by atoms with Crippen LogP contribution >= 0.6 is 34.8 Å². The zero-order valence-electron chi connectivity index (χ0n) is 49.4. The van der Waals surface area contributed by atoms with Gasteiger partial charge in [0.15, 0.2) is 0 Å². The van der Waals surface area contributed by atoms with Gasteiger partial charge in [0.05, 0.1) is 22.4 Å². The number of anilines is 1. The molecule has 0 aromatic heterocycles. The SMILES string of the molecule is CC(C)(C)c1ccc(C=C2C(=O)N(c3ccccc3)N=C2COc2ccc(Cl)cc2)cc1.CC(C)(C)c1ccc(C=C2C(=O)NN=C2COc2ccc(Cl)cc2)cc1.CN1N=C(COc2ccc(Cl)cc2)C(=Cc2ccc(C(C)(C)C)cc2)C1=O. The molecule has 0 saturated heterocycles. The third-order valence-corrected chi connectivity index (χ3v) is 14.5. The number of carbonyl (C=O) groups excluding carboxylic acids is 3. The van der Waals surface area contributed by atoms with E-state index in [9.17, 15) is 14.4 Å². The molecule has 0 radical (unpaired) electrons. The molecule has 436 valence electrons. The van der Waals surface area contributed by atoms with Crippen molar-refractivity contribution in [3.8, 4) is 17.2 Å². The summed E-state index contributed by atoms with van der Waals surface area (Å²) in [4.78, 5) is 37.8. The summed E-state index contributed by atoms with van der Waals surface area (Å²) in [7, 11) is 1.65. The van der Waals surface area contributed by atoms with Gasteiger partial charge in [0, 0.05) is 22.1 Å². The monoisotopic (exact) mass is 1190 g/mol. The lowest BCUT2D eigenvalue weighted by Gasteiger charge is -2.18. The molecule has 1 N–H and O–H groups in total. The number of hydrogen-bond acceptors (Lipinski definition) is 9. The molecule has 3 heterocycles. The van der Waals surface area contributed by atoms with E-state index in [-0.39, 0.29) is 53.8 Å². The number of benzene rings is 7. The predicted molar refractivity (Wildman–Crippen MR) is 347 cm³/mol. The number of para-hydroxylation sites is 1. The highest BCUT2D eigenvalue weighted by Gasteiger charge is 2.32. The Kier molecular flexibility index (Phi) is 20.2. The van der Waals surface area contributed by atoms with E-state index in [4.69, 9.17) is 49.0 Å². The van der Waals surface area contributed by atoms with Crippen molar-refractivity contribution in [2.45, 2.75) is 78.6 Å². The highest BCUT2D eigenvalue weighted by atomic mass is 35.5. The Balaban J connectivity index is 0.000000167. The van der Waals surface area contributed by atoms with E-state index < -0.39 is 0 Å². The summed E-state index contributed by atoms with van der Waals surface area (Å²) in [6, 6.07) is 55.4. The first kappa shape index (κ1) is 62.5. The van der Waals surface area contributed by atoms with Crippen molar-refractivity contribution in [3.05, 3.63) is 241 Å². The van der Waals surface area contributed by atoms with E-state index in [1.165, 1.54) is 26.7 Å². The maximum Gasteiger partial charge on any atom is 0.280 e. The second-order valence-corrected chi connectivity index (χ2v) is 24.7. The Morgan fingerprint density at radius 3 is 1.14 bits per heavy atom. The minimum Gasteiger partial charge on any atom is -0.487 e. The van der Waals surface area contributed by atoms with E-state index in [0.717, 1.165) is 16.7 Å². The van der Waals surface area contributed by atoms with E-state index in [2.05, 4.69) is 119 Å². The van der Waals surface area contributed by atoms with E-state index in [0.29, 0.717) is 71.9 Å². The molecule has 0 saturated carbocycles. The molecule has 0 spiro atoms. The third-order valence-electron chi connectivity index (χ3n) is 13.7. The van der Waals surface area contributed by atoms with Gasteiger partial charge in [0.2, 0.25) is 0 Å². The molecule has 12 nitrogen and oxygen atoms in total. The van der Waals surface area contributed by atoms with Crippen LogP contribution in [0.15, 0.2) is 208 Å². The van der Waals surface area contributed by atoms with Crippen molar-refractivity contribution in [2.75, 3.05) is 31.9 Å². The fourth-order valence-corrected chi connectivity index (χ4v) is 9.08. The topological polar surface area (TPSA) is 134 Å². The number of amides is 3. The van der Waals surface area contributed by atoms with Gasteiger partial charge in [-0.2, -0.15) is 20.3 Å². The molecule has 0 atom stereocenters. The van der Waals surface area contributed by atoms with Crippen LogP contribution in [0.3, 0.4) is 0 Å². The minimum absolute atomic E-state index is 0.0675. The van der Waals surface area contributed by atoms with Crippen LogP contribution in [0.25, 0.3) is 18.2 Å². The summed E-state index contributed by atoms with van der Waals surface area (Å²) < 4.78 is 17.4. The summed E-state index contributed by atoms with van der Waals surface area (Å²) in [5.41, 5.74) is 13.4. The van der Waals surface area contributed by atoms with E-state index in [1.807, 2.05) is 85.0 Å². The maximum absolute atomic E-state index is 13.3. The van der Waals surface area contributed by atoms with Gasteiger partial charge >= 0.3 is 0 Å². The Bertz CT molecular complexity index is 3690. The van der Waals surface area contributed by atoms with Gasteiger partial charge in [-0.3, -0.25) is 14.4 Å². The molecule has 3 amide bonds. The standard InChI is InChI=1S/C27H25ClN2O2.C22H23ClN2O2.C21H21ClN2O2/c1-27(2,3)20-11-9-19(10-12-20)17-24-25(18-32-23-15-13-21(28)14-16-23)29-30(26(24)31)22-7-5-4-6-8-22;1-22(2,3)16-7-5-15(6-8-16)13-19-20(24-25(4)21(19)26)14-27-18-11-9-17(23)10-12-18;1-21(2,3)15-6-4-14(5-7-15)12-18-19(23-24-20(18)25)13-26-17-10-8-16(22)9-11-17/h4-17H,18H2,1-3H3;5-13H,14H2,1-4H3;4-12H,13H2,1-3H3,(H,24,25). The van der Waals surface area contributed by atoms with Crippen molar-refractivity contribution < 1.29 is 28.6 Å². The zero-order chi connectivity index (χ0) is 61.1. The molecule has 3 aliphatic rings. The quantitative estimate of drug-likeness (QED) is 0.114. The van der Waals surface area contributed by atoms with Crippen LogP contribution in [0.5, 0.6) is 17.2 Å². The molecular weight excluding hydrogens is 1130 g/mol. The van der Waals surface area contributed by atoms with Crippen LogP contribution in [-0.4, -0.2) is 66.7 Å². The maximum atomic E-state index is 13.3. The van der Waals surface area contributed by atoms with Crippen LogP contribution in [0.4, 0.5) is 5.69 Å². The van der Waals surface area contributed by atoms with E-state index in [1.54, 1.807) is 79.8 Å². The minimum atomic E-state index is -0.223. The van der Waals surface area contributed by atoms with Crippen LogP contribution in [0.1, 0.15) is 95.7 Å². The number of nitrogens with one attached hydrogen (secondary N) is 1. The predicted octanol–water partition coefficient (Wildman–Crippen LogP) is 16.0. The van der Waals surface area contributed by atoms with Crippen molar-refractivity contribution in [1.29, 1.82) is 0 Å². The van der Waals surface area contributed by atoms with Crippen LogP contribution in [0.2, 0.25) is 15.1 Å². The molecule has 3 aliphatic heterocycles. The van der Waals surface area contributed by atoms with Crippen LogP contribution < -0.4 is 24.6 Å². The van der Waals surface area contributed by atoms with Crippen molar-refractivity contribution in [1.82, 2.24) is 10.4 Å². The molecule has 15 heteroatoms. The fourth-order valence-electron chi connectivity index (χ4n) is 8.70. The Labute approximate surface area is 513 Å². The fraction of sp³-hybridized carbons (Fsp3) is 0.229. The number of nitrogens with zero attached hydrogens (tertiary/aromatic N) is 5. The molecule has 7 aromatic rings. The number of rotatable bonds is 13. The van der Waals surface area contributed by atoms with Gasteiger partial charge in [-0.25, -0.2) is 10.4 Å². The third kappa shape index (κ3) is 17.3. The number of likely N-dealkylation sites (N-methyl/N-ethyl adjacent to an activating group) is 1. The average Bonchev–Trinajstić information content (AvgIpc) is 4.33. The first-order chi connectivity index (χ1) is 40.4. The highest BCUT2D eigenvalue weighted by molar-refractivity contribution is 6.34. The number of carbonyl (C=O) groups is 3. The molecule has 0 aliphatic carbocycles. The highest BCUT2D eigenvalue weighted by Crippen LogP contribution is 2.30. The van der Waals surface area contributed by atoms with Gasteiger partial charge in [0.1, 0.15) is 54.2 Å². The number of halogens is 3. The largest absolute Gasteiger partial charge is 0.487 e. The van der Waals surface area contributed by atoms with Crippen LogP contribution in [0, 0.1) is 0 Å². The summed E-state index contributed by atoms with van der Waals surface area (Å²) in [5, 5.41) is 17.7. The lowest BCUT2D eigenvalue weighted by molar-refractivity contribution is -0.124. The Morgan fingerprint density at radius 1 is 0.424 bits per heavy atom. The number of hydrogen-bond donors (Lipinski definition) is 1. The lowest BCUT2D eigenvalue weighted by Crippen LogP contribution is -2.21. The normalized spacial score (nSPS) is 15.7. The van der Waals surface area contributed by atoms with Gasteiger partial charge in [0.25, 0.3) is 17.7 Å². The van der Waals surface area contributed by atoms with Gasteiger partial charge in [-0.05, 0) is 153 Å². The molecule has 0 unspecified atom stereocenters. The average molecular weight is 1200 g/mol. The molecule has 85 heavy (non-hydrogen) atoms. The Hall–Kier alpha value is -8.55. The van der Waals surface area contributed by atoms with Gasteiger partial charge < -0.3 is 14.2 Å². The molecule has 10 rings (SSSR count). The lowest BCUT2D eigenvalue weighted by atomic mass is 9.86. The molecule has 7 aromatic carbocycles. The first-order valence-corrected chi connectivity index (χ1v) is 28.8. The smallest absolute Gasteiger partial charge is 0.280 e. The van der Waals surface area contributed by atoms with Crippen molar-refractivity contribution in [3.63, 3.8) is 0 Å². The Morgan fingerprint density at radius 2 is 0.765 bits per heavy atom. The summed E-state index contributed by atoms with van der Waals surface area (Å²) in [6.07, 6.45) is 5.57. The van der Waals surface area contributed by atoms with Crippen LogP contribution in [-0.2, 0) is 30.6 Å².